The van der Waals surface area contributed by atoms with Crippen LogP contribution in [0.3, 0.4) is 0 Å². The monoisotopic (exact) mass is 758 g/mol. The van der Waals surface area contributed by atoms with Gasteiger partial charge in [0.15, 0.2) is 24.8 Å². The summed E-state index contributed by atoms with van der Waals surface area (Å²) in [5, 5.41) is 7.12. The molecule has 0 atom stereocenters. The van der Waals surface area contributed by atoms with Gasteiger partial charge in [0.2, 0.25) is 12.7 Å². The summed E-state index contributed by atoms with van der Waals surface area (Å²) < 4.78 is 13.3. The van der Waals surface area contributed by atoms with Crippen LogP contribution in [0.5, 0.6) is 0 Å². The Morgan fingerprint density at radius 3 is 1.26 bits per heavy atom. The third-order valence-electron chi connectivity index (χ3n) is 9.05. The minimum absolute atomic E-state index is 0.947. The lowest BCUT2D eigenvalue weighted by atomic mass is 10.1. The molecular formula is C44H54N8S2+4. The van der Waals surface area contributed by atoms with Gasteiger partial charge in [-0.05, 0) is 46.5 Å². The average molecular weight is 759 g/mol. The first kappa shape index (κ1) is 38.7. The molecule has 54 heavy (non-hydrogen) atoms. The van der Waals surface area contributed by atoms with Crippen molar-refractivity contribution in [1.29, 1.82) is 0 Å². The Morgan fingerprint density at radius 1 is 0.500 bits per heavy atom. The third-order valence-corrected chi connectivity index (χ3v) is 11.4. The first-order valence-electron chi connectivity index (χ1n) is 18.8. The first-order chi connectivity index (χ1) is 26.5. The fourth-order valence-electron chi connectivity index (χ4n) is 5.85. The molecule has 0 aliphatic rings. The van der Waals surface area contributed by atoms with E-state index in [1.807, 2.05) is 44.8 Å². The summed E-state index contributed by atoms with van der Waals surface area (Å²) in [5.74, 6) is 2.20. The van der Waals surface area contributed by atoms with Gasteiger partial charge in [-0.2, -0.15) is 0 Å². The van der Waals surface area contributed by atoms with Crippen molar-refractivity contribution in [2.24, 2.45) is 14.1 Å². The molecule has 278 valence electrons. The molecule has 0 bridgehead atoms. The van der Waals surface area contributed by atoms with Crippen LogP contribution in [-0.2, 0) is 40.3 Å². The van der Waals surface area contributed by atoms with Crippen molar-refractivity contribution in [2.75, 3.05) is 35.2 Å². The fraction of sp³-hybridized carbons (Fsp3) is 0.273. The van der Waals surface area contributed by atoms with E-state index in [-0.39, 0.29) is 0 Å². The summed E-state index contributed by atoms with van der Waals surface area (Å²) in [6.45, 7) is 5.96. The molecule has 0 amide bonds. The Kier molecular flexibility index (Phi) is 15.0. The van der Waals surface area contributed by atoms with Crippen molar-refractivity contribution >= 4 is 57.3 Å². The van der Waals surface area contributed by atoms with Crippen LogP contribution in [0, 0.1) is 0 Å². The van der Waals surface area contributed by atoms with Crippen LogP contribution in [0.2, 0.25) is 0 Å². The van der Waals surface area contributed by atoms with Gasteiger partial charge >= 0.3 is 0 Å². The van der Waals surface area contributed by atoms with E-state index in [0.29, 0.717) is 0 Å². The zero-order chi connectivity index (χ0) is 37.2. The molecule has 0 aliphatic carbocycles. The average Bonchev–Trinajstić information content (AvgIpc) is 3.86. The predicted octanol–water partition coefficient (Wildman–Crippen LogP) is 6.94. The van der Waals surface area contributed by atoms with Crippen LogP contribution < -0.4 is 28.9 Å². The molecule has 2 aromatic carbocycles. The van der Waals surface area contributed by atoms with Gasteiger partial charge in [-0.25, -0.2) is 27.4 Å². The van der Waals surface area contributed by atoms with Crippen LogP contribution in [0.4, 0.5) is 11.4 Å². The number of pyridine rings is 2. The Bertz CT molecular complexity index is 1880. The topological polar surface area (TPSA) is 49.4 Å². The van der Waals surface area contributed by atoms with Gasteiger partial charge in [0.25, 0.3) is 0 Å². The summed E-state index contributed by atoms with van der Waals surface area (Å²) in [4.78, 5) is 0. The molecule has 4 heterocycles. The molecule has 0 unspecified atom stereocenters. The number of imidazole rings is 2. The molecule has 2 N–H and O–H groups in total. The highest BCUT2D eigenvalue weighted by Crippen LogP contribution is 2.21. The van der Waals surface area contributed by atoms with Gasteiger partial charge in [-0.3, -0.25) is 0 Å². The molecule has 0 saturated carbocycles. The number of nitrogens with one attached hydrogen (secondary N) is 2. The number of rotatable bonds is 21. The maximum absolute atomic E-state index is 3.56. The summed E-state index contributed by atoms with van der Waals surface area (Å²) in [7, 11) is 7.99. The molecule has 0 spiro atoms. The Hall–Kier alpha value is -5.06. The van der Waals surface area contributed by atoms with Crippen LogP contribution in [0.15, 0.2) is 135 Å². The smallest absolute Gasteiger partial charge is 0.243 e. The van der Waals surface area contributed by atoms with E-state index in [2.05, 4.69) is 188 Å². The normalized spacial score (nSPS) is 11.5. The highest BCUT2D eigenvalue weighted by atomic mass is 33.1. The van der Waals surface area contributed by atoms with Crippen molar-refractivity contribution in [3.63, 3.8) is 0 Å². The van der Waals surface area contributed by atoms with E-state index in [1.165, 1.54) is 22.3 Å². The third kappa shape index (κ3) is 13.4. The molecule has 0 saturated heterocycles. The summed E-state index contributed by atoms with van der Waals surface area (Å²) >= 11 is 0. The highest BCUT2D eigenvalue weighted by Gasteiger charge is 2.06. The van der Waals surface area contributed by atoms with Crippen LogP contribution >= 0.6 is 21.6 Å². The minimum atomic E-state index is 0.947. The van der Waals surface area contributed by atoms with E-state index in [4.69, 9.17) is 0 Å². The quantitative estimate of drug-likeness (QED) is 0.0475. The molecule has 6 aromatic rings. The zero-order valence-electron chi connectivity index (χ0n) is 31.6. The van der Waals surface area contributed by atoms with Gasteiger partial charge < -0.3 is 10.6 Å². The first-order valence-corrected chi connectivity index (χ1v) is 21.3. The molecule has 0 fully saturated rings. The Morgan fingerprint density at radius 2 is 0.870 bits per heavy atom. The number of hydrogen-bond donors (Lipinski definition) is 2. The largest absolute Gasteiger partial charge is 0.385 e. The molecule has 0 aliphatic heterocycles. The summed E-state index contributed by atoms with van der Waals surface area (Å²) in [6.07, 6.45) is 32.2. The van der Waals surface area contributed by atoms with Crippen LogP contribution in [0.1, 0.15) is 35.1 Å². The molecule has 4 aromatic heterocycles. The second-order valence-electron chi connectivity index (χ2n) is 13.5. The molecule has 8 nitrogen and oxygen atoms in total. The summed E-state index contributed by atoms with van der Waals surface area (Å²) in [5.41, 5.74) is 7.13. The summed E-state index contributed by atoms with van der Waals surface area (Å²) in [6, 6.07) is 25.8. The Labute approximate surface area is 328 Å². The van der Waals surface area contributed by atoms with Crippen LogP contribution in [-0.4, -0.2) is 33.7 Å². The van der Waals surface area contributed by atoms with Gasteiger partial charge in [-0.1, -0.05) is 70.2 Å². The second-order valence-corrected chi connectivity index (χ2v) is 16.2. The number of benzene rings is 2. The molecule has 10 heteroatoms. The maximum Gasteiger partial charge on any atom is 0.243 e. The molecule has 6 rings (SSSR count). The number of nitrogens with zero attached hydrogens (tertiary/aromatic N) is 6. The van der Waals surface area contributed by atoms with E-state index >= 15 is 0 Å². The van der Waals surface area contributed by atoms with Crippen molar-refractivity contribution < 1.29 is 18.3 Å². The predicted molar refractivity (Wildman–Crippen MR) is 226 cm³/mol. The van der Waals surface area contributed by atoms with E-state index in [9.17, 15) is 0 Å². The van der Waals surface area contributed by atoms with Gasteiger partial charge in [-0.15, -0.1) is 0 Å². The van der Waals surface area contributed by atoms with Gasteiger partial charge in [0, 0.05) is 73.1 Å². The second kappa shape index (κ2) is 21.0. The lowest BCUT2D eigenvalue weighted by molar-refractivity contribution is -0.696. The standard InChI is InChI=1S/C44H52N8S2/c1-47-25-17-41(18-26-47)7-5-39-9-13-43(14-10-39)45-21-3-23-49-29-31-51(37-49)33-35-53-54-36-34-52-32-30-50(38-52)24-4-22-46-44-15-11-40(12-16-44)6-8-42-19-27-48(2)28-20-42/h5-20,25-32,37-38H,3-4,21-24,33-36H2,1-2H3/q+2/p+2. The van der Waals surface area contributed by atoms with E-state index in [0.717, 1.165) is 75.0 Å². The van der Waals surface area contributed by atoms with Crippen molar-refractivity contribution in [3.8, 4) is 0 Å². The molecular weight excluding hydrogens is 705 g/mol. The Balaban J connectivity index is 0.774. The lowest BCUT2D eigenvalue weighted by Crippen LogP contribution is -2.32. The van der Waals surface area contributed by atoms with Crippen LogP contribution in [0.25, 0.3) is 24.3 Å². The number of anilines is 2. The number of hydrogen-bond acceptors (Lipinski definition) is 4. The van der Waals surface area contributed by atoms with E-state index < -0.39 is 0 Å². The van der Waals surface area contributed by atoms with Crippen molar-refractivity contribution in [3.05, 3.63) is 157 Å². The molecule has 0 radical (unpaired) electrons. The fourth-order valence-corrected chi connectivity index (χ4v) is 7.82. The van der Waals surface area contributed by atoms with Crippen molar-refractivity contribution in [2.45, 2.75) is 39.0 Å². The SMILES string of the molecule is C[n+]1ccc(C=Cc2ccc(NCCC[n+]3ccn(CCSSCCn4cc[n+](CCCNc5ccc(C=Cc6cc[n+](C)cc6)cc5)c4)c3)cc2)cc1. The number of aryl methyl sites for hydroxylation is 6. The van der Waals surface area contributed by atoms with Crippen molar-refractivity contribution in [1.82, 2.24) is 9.13 Å². The van der Waals surface area contributed by atoms with Gasteiger partial charge in [0.1, 0.15) is 38.9 Å². The minimum Gasteiger partial charge on any atom is -0.385 e. The van der Waals surface area contributed by atoms with E-state index in [1.54, 1.807) is 0 Å². The van der Waals surface area contributed by atoms with Gasteiger partial charge in [0.05, 0.1) is 26.2 Å². The lowest BCUT2D eigenvalue weighted by Gasteiger charge is -2.06. The maximum atomic E-state index is 3.56. The highest BCUT2D eigenvalue weighted by molar-refractivity contribution is 8.76. The zero-order valence-corrected chi connectivity index (χ0v) is 33.2. The number of aromatic nitrogens is 6.